The topological polar surface area (TPSA) is 43.1 Å². The number of carbonyl (C=O) groups is 1. The molecule has 0 amide bonds. The van der Waals surface area contributed by atoms with Gasteiger partial charge in [0.2, 0.25) is 0 Å². The molecule has 1 aromatic rings. The fraction of sp³-hybridized carbons (Fsp3) is 0.182. The molecule has 0 heterocycles. The Hall–Kier alpha value is -1.48. The van der Waals surface area contributed by atoms with Gasteiger partial charge in [-0.3, -0.25) is 4.79 Å². The molecule has 0 fully saturated rings. The van der Waals surface area contributed by atoms with Crippen LogP contribution >= 0.6 is 0 Å². The van der Waals surface area contributed by atoms with Crippen LogP contribution in [-0.4, -0.2) is 11.8 Å². The van der Waals surface area contributed by atoms with Crippen LogP contribution < -0.4 is 5.73 Å². The highest BCUT2D eigenvalue weighted by atomic mass is 19.1. The molecule has 0 bridgehead atoms. The summed E-state index contributed by atoms with van der Waals surface area (Å²) in [6.07, 6.45) is 3.02. The molecule has 0 aliphatic heterocycles. The molecule has 0 spiro atoms. The second-order valence-corrected chi connectivity index (χ2v) is 3.08. The number of nitrogens with two attached hydrogens (primary N) is 1. The maximum atomic E-state index is 12.5. The number of benzene rings is 1. The van der Waals surface area contributed by atoms with Gasteiger partial charge in [-0.15, -0.1) is 0 Å². The van der Waals surface area contributed by atoms with Crippen molar-refractivity contribution >= 4 is 11.9 Å². The Morgan fingerprint density at radius 3 is 2.50 bits per heavy atom. The first-order chi connectivity index (χ1) is 6.59. The van der Waals surface area contributed by atoms with E-state index in [1.54, 1.807) is 25.1 Å². The quantitative estimate of drug-likeness (QED) is 0.743. The summed E-state index contributed by atoms with van der Waals surface area (Å²) >= 11 is 0. The van der Waals surface area contributed by atoms with E-state index in [-0.39, 0.29) is 11.6 Å². The summed E-state index contributed by atoms with van der Waals surface area (Å²) in [4.78, 5) is 11.1. The largest absolute Gasteiger partial charge is 0.321 e. The lowest BCUT2D eigenvalue weighted by Gasteiger charge is -1.97. The zero-order valence-electron chi connectivity index (χ0n) is 7.91. The van der Waals surface area contributed by atoms with Gasteiger partial charge >= 0.3 is 0 Å². The van der Waals surface area contributed by atoms with Crippen LogP contribution in [0.1, 0.15) is 12.5 Å². The number of rotatable bonds is 3. The lowest BCUT2D eigenvalue weighted by molar-refractivity contribution is -0.115. The van der Waals surface area contributed by atoms with Crippen LogP contribution in [0.2, 0.25) is 0 Å². The third-order valence-electron chi connectivity index (χ3n) is 1.76. The highest BCUT2D eigenvalue weighted by Crippen LogP contribution is 2.04. The molecule has 0 saturated carbocycles. The van der Waals surface area contributed by atoms with Gasteiger partial charge in [-0.25, -0.2) is 4.39 Å². The zero-order chi connectivity index (χ0) is 10.6. The molecular formula is C11H12FNO. The first-order valence-electron chi connectivity index (χ1n) is 4.32. The maximum Gasteiger partial charge on any atom is 0.172 e. The van der Waals surface area contributed by atoms with E-state index in [1.807, 2.05) is 0 Å². The number of halogens is 1. The highest BCUT2D eigenvalue weighted by Gasteiger charge is 2.01. The molecule has 1 rings (SSSR count). The summed E-state index contributed by atoms with van der Waals surface area (Å²) in [5.41, 5.74) is 6.14. The molecule has 3 heteroatoms. The Labute approximate surface area is 82.2 Å². The molecule has 1 unspecified atom stereocenters. The summed E-state index contributed by atoms with van der Waals surface area (Å²) in [6.45, 7) is 1.62. The van der Waals surface area contributed by atoms with Gasteiger partial charge in [0, 0.05) is 0 Å². The van der Waals surface area contributed by atoms with Crippen molar-refractivity contribution in [3.8, 4) is 0 Å². The highest BCUT2D eigenvalue weighted by molar-refractivity contribution is 5.97. The minimum Gasteiger partial charge on any atom is -0.321 e. The first-order valence-corrected chi connectivity index (χ1v) is 4.32. The molecule has 1 atom stereocenters. The Bertz CT molecular complexity index is 341. The SMILES string of the molecule is CC(N)C(=O)/C=C/c1ccc(F)cc1. The fourth-order valence-electron chi connectivity index (χ4n) is 0.904. The number of hydrogen-bond acceptors (Lipinski definition) is 2. The minimum absolute atomic E-state index is 0.144. The standard InChI is InChI=1S/C11H12FNO/c1-8(13)11(14)7-4-9-2-5-10(12)6-3-9/h2-8H,13H2,1H3/b7-4+. The Morgan fingerprint density at radius 2 is 2.00 bits per heavy atom. The van der Waals surface area contributed by atoms with E-state index in [0.29, 0.717) is 0 Å². The van der Waals surface area contributed by atoms with Gasteiger partial charge in [-0.1, -0.05) is 18.2 Å². The molecule has 1 aromatic carbocycles. The molecule has 14 heavy (non-hydrogen) atoms. The van der Waals surface area contributed by atoms with Crippen molar-refractivity contribution in [2.45, 2.75) is 13.0 Å². The smallest absolute Gasteiger partial charge is 0.172 e. The van der Waals surface area contributed by atoms with Crippen molar-refractivity contribution in [2.75, 3.05) is 0 Å². The van der Waals surface area contributed by atoms with E-state index >= 15 is 0 Å². The first kappa shape index (κ1) is 10.6. The van der Waals surface area contributed by atoms with Crippen LogP contribution in [0.15, 0.2) is 30.3 Å². The van der Waals surface area contributed by atoms with E-state index in [9.17, 15) is 9.18 Å². The van der Waals surface area contributed by atoms with Crippen LogP contribution in [-0.2, 0) is 4.79 Å². The van der Waals surface area contributed by atoms with E-state index in [2.05, 4.69) is 0 Å². The van der Waals surface area contributed by atoms with E-state index in [0.717, 1.165) is 5.56 Å². The molecule has 0 saturated heterocycles. The van der Waals surface area contributed by atoms with Crippen molar-refractivity contribution in [2.24, 2.45) is 5.73 Å². The summed E-state index contributed by atoms with van der Waals surface area (Å²) in [5, 5.41) is 0. The van der Waals surface area contributed by atoms with Gasteiger partial charge in [0.25, 0.3) is 0 Å². The van der Waals surface area contributed by atoms with Crippen molar-refractivity contribution in [3.63, 3.8) is 0 Å². The van der Waals surface area contributed by atoms with Crippen LogP contribution in [0.25, 0.3) is 6.08 Å². The molecule has 0 aliphatic rings. The van der Waals surface area contributed by atoms with Crippen LogP contribution in [0, 0.1) is 5.82 Å². The molecule has 0 aromatic heterocycles. The monoisotopic (exact) mass is 193 g/mol. The average Bonchev–Trinajstić information content (AvgIpc) is 2.16. The van der Waals surface area contributed by atoms with Gasteiger partial charge in [-0.05, 0) is 30.7 Å². The molecule has 74 valence electrons. The Kier molecular flexibility index (Phi) is 3.54. The van der Waals surface area contributed by atoms with Gasteiger partial charge in [0.1, 0.15) is 5.82 Å². The minimum atomic E-state index is -0.494. The lowest BCUT2D eigenvalue weighted by Crippen LogP contribution is -2.24. The summed E-state index contributed by atoms with van der Waals surface area (Å²) < 4.78 is 12.5. The normalized spacial score (nSPS) is 13.1. The molecule has 0 aliphatic carbocycles. The summed E-state index contributed by atoms with van der Waals surface area (Å²) in [6, 6.07) is 5.39. The molecular weight excluding hydrogens is 181 g/mol. The van der Waals surface area contributed by atoms with Crippen LogP contribution in [0.5, 0.6) is 0 Å². The van der Waals surface area contributed by atoms with Crippen molar-refractivity contribution in [1.29, 1.82) is 0 Å². The molecule has 0 radical (unpaired) electrons. The van der Waals surface area contributed by atoms with Crippen LogP contribution in [0.4, 0.5) is 4.39 Å². The second kappa shape index (κ2) is 4.67. The van der Waals surface area contributed by atoms with E-state index in [4.69, 9.17) is 5.73 Å². The predicted molar refractivity (Wildman–Crippen MR) is 54.1 cm³/mol. The fourth-order valence-corrected chi connectivity index (χ4v) is 0.904. The molecule has 2 N–H and O–H groups in total. The third kappa shape index (κ3) is 3.11. The lowest BCUT2D eigenvalue weighted by atomic mass is 10.1. The van der Waals surface area contributed by atoms with Crippen molar-refractivity contribution in [3.05, 3.63) is 41.7 Å². The van der Waals surface area contributed by atoms with Crippen molar-refractivity contribution in [1.82, 2.24) is 0 Å². The zero-order valence-corrected chi connectivity index (χ0v) is 7.91. The second-order valence-electron chi connectivity index (χ2n) is 3.08. The predicted octanol–water partition coefficient (Wildman–Crippen LogP) is 1.76. The number of ketones is 1. The van der Waals surface area contributed by atoms with Crippen molar-refractivity contribution < 1.29 is 9.18 Å². The maximum absolute atomic E-state index is 12.5. The molecule has 2 nitrogen and oxygen atoms in total. The van der Waals surface area contributed by atoms with Gasteiger partial charge < -0.3 is 5.73 Å². The van der Waals surface area contributed by atoms with Gasteiger partial charge in [0.15, 0.2) is 5.78 Å². The van der Waals surface area contributed by atoms with E-state index in [1.165, 1.54) is 18.2 Å². The number of carbonyl (C=O) groups excluding carboxylic acids is 1. The van der Waals surface area contributed by atoms with Gasteiger partial charge in [0.05, 0.1) is 6.04 Å². The Morgan fingerprint density at radius 1 is 1.43 bits per heavy atom. The van der Waals surface area contributed by atoms with Crippen LogP contribution in [0.3, 0.4) is 0 Å². The average molecular weight is 193 g/mol. The third-order valence-corrected chi connectivity index (χ3v) is 1.76. The summed E-state index contributed by atoms with van der Waals surface area (Å²) in [5.74, 6) is -0.435. The van der Waals surface area contributed by atoms with Gasteiger partial charge in [-0.2, -0.15) is 0 Å². The van der Waals surface area contributed by atoms with E-state index < -0.39 is 6.04 Å². The number of hydrogen-bond donors (Lipinski definition) is 1. The Balaban J connectivity index is 2.69. The summed E-state index contributed by atoms with van der Waals surface area (Å²) in [7, 11) is 0.